The van der Waals surface area contributed by atoms with Crippen LogP contribution in [0.4, 0.5) is 4.79 Å². The van der Waals surface area contributed by atoms with Crippen molar-refractivity contribution in [1.82, 2.24) is 4.90 Å². The molecule has 0 bridgehead atoms. The predicted octanol–water partition coefficient (Wildman–Crippen LogP) is 3.42. The highest BCUT2D eigenvalue weighted by Gasteiger charge is 2.06. The van der Waals surface area contributed by atoms with E-state index in [0.29, 0.717) is 5.75 Å². The Morgan fingerprint density at radius 1 is 0.850 bits per heavy atom. The van der Waals surface area contributed by atoms with Gasteiger partial charge in [-0.05, 0) is 35.4 Å². The highest BCUT2D eigenvalue weighted by Crippen LogP contribution is 2.24. The van der Waals surface area contributed by atoms with E-state index in [1.54, 1.807) is 33.3 Å². The van der Waals surface area contributed by atoms with Gasteiger partial charge in [0.25, 0.3) is 0 Å². The minimum absolute atomic E-state index is 0.387. The summed E-state index contributed by atoms with van der Waals surface area (Å²) < 4.78 is 10.3. The van der Waals surface area contributed by atoms with E-state index in [9.17, 15) is 4.79 Å². The molecule has 1 amide bonds. The minimum atomic E-state index is -0.387. The van der Waals surface area contributed by atoms with Gasteiger partial charge in [-0.1, -0.05) is 24.3 Å². The first-order valence-corrected chi connectivity index (χ1v) is 6.24. The van der Waals surface area contributed by atoms with Gasteiger partial charge in [0.2, 0.25) is 0 Å². The van der Waals surface area contributed by atoms with Gasteiger partial charge in [0, 0.05) is 14.1 Å². The molecule has 0 fully saturated rings. The average molecular weight is 271 g/mol. The first kappa shape index (κ1) is 13.9. The van der Waals surface area contributed by atoms with Crippen LogP contribution in [0.3, 0.4) is 0 Å². The predicted molar refractivity (Wildman–Crippen MR) is 78.1 cm³/mol. The molecule has 4 nitrogen and oxygen atoms in total. The molecule has 2 rings (SSSR count). The summed E-state index contributed by atoms with van der Waals surface area (Å²) in [7, 11) is 4.94. The molecule has 104 valence electrons. The van der Waals surface area contributed by atoms with Crippen LogP contribution in [-0.2, 0) is 0 Å². The van der Waals surface area contributed by atoms with E-state index in [1.807, 2.05) is 36.4 Å². The maximum Gasteiger partial charge on any atom is 0.414 e. The zero-order valence-electron chi connectivity index (χ0n) is 11.8. The minimum Gasteiger partial charge on any atom is -0.497 e. The molecule has 0 saturated carbocycles. The number of rotatable bonds is 3. The number of hydrogen-bond donors (Lipinski definition) is 0. The summed E-state index contributed by atoms with van der Waals surface area (Å²) in [6, 6.07) is 15.2. The highest BCUT2D eigenvalue weighted by atomic mass is 16.6. The molecule has 0 atom stereocenters. The van der Waals surface area contributed by atoms with E-state index >= 15 is 0 Å². The van der Waals surface area contributed by atoms with Crippen LogP contribution in [-0.4, -0.2) is 32.2 Å². The Hall–Kier alpha value is -2.49. The zero-order chi connectivity index (χ0) is 14.5. The molecule has 4 heteroatoms. The summed E-state index contributed by atoms with van der Waals surface area (Å²) in [5.74, 6) is 1.35. The third-order valence-electron chi connectivity index (χ3n) is 2.85. The van der Waals surface area contributed by atoms with Crippen molar-refractivity contribution in [2.75, 3.05) is 21.2 Å². The Balaban J connectivity index is 2.12. The lowest BCUT2D eigenvalue weighted by molar-refractivity contribution is 0.172. The number of amides is 1. The second-order valence-corrected chi connectivity index (χ2v) is 4.52. The van der Waals surface area contributed by atoms with E-state index in [-0.39, 0.29) is 6.09 Å². The Morgan fingerprint density at radius 3 is 1.70 bits per heavy atom. The number of methoxy groups -OCH3 is 1. The quantitative estimate of drug-likeness (QED) is 0.858. The van der Waals surface area contributed by atoms with Gasteiger partial charge in [0.1, 0.15) is 11.5 Å². The molecule has 0 aliphatic heterocycles. The highest BCUT2D eigenvalue weighted by molar-refractivity contribution is 5.71. The standard InChI is InChI=1S/C16H17NO3/c1-17(2)16(18)20-15-10-6-13(7-11-15)12-4-8-14(19-3)9-5-12/h4-11H,1-3H3. The maximum atomic E-state index is 11.4. The molecule has 0 heterocycles. The van der Waals surface area contributed by atoms with Gasteiger partial charge >= 0.3 is 6.09 Å². The second kappa shape index (κ2) is 6.10. The monoisotopic (exact) mass is 271 g/mol. The summed E-state index contributed by atoms with van der Waals surface area (Å²) in [5, 5.41) is 0. The smallest absolute Gasteiger partial charge is 0.414 e. The van der Waals surface area contributed by atoms with Gasteiger partial charge in [-0.2, -0.15) is 0 Å². The van der Waals surface area contributed by atoms with Crippen LogP contribution in [0.25, 0.3) is 11.1 Å². The number of hydrogen-bond acceptors (Lipinski definition) is 3. The molecule has 0 unspecified atom stereocenters. The van der Waals surface area contributed by atoms with Crippen LogP contribution in [0.15, 0.2) is 48.5 Å². The lowest BCUT2D eigenvalue weighted by Crippen LogP contribution is -2.25. The van der Waals surface area contributed by atoms with Crippen molar-refractivity contribution >= 4 is 6.09 Å². The van der Waals surface area contributed by atoms with Crippen molar-refractivity contribution in [1.29, 1.82) is 0 Å². The fraction of sp³-hybridized carbons (Fsp3) is 0.188. The normalized spacial score (nSPS) is 9.95. The molecule has 0 aromatic heterocycles. The van der Waals surface area contributed by atoms with E-state index in [4.69, 9.17) is 9.47 Å². The van der Waals surface area contributed by atoms with Crippen LogP contribution in [0.2, 0.25) is 0 Å². The van der Waals surface area contributed by atoms with E-state index < -0.39 is 0 Å². The van der Waals surface area contributed by atoms with E-state index in [1.165, 1.54) is 4.90 Å². The lowest BCUT2D eigenvalue weighted by Gasteiger charge is -2.11. The second-order valence-electron chi connectivity index (χ2n) is 4.52. The van der Waals surface area contributed by atoms with Crippen molar-refractivity contribution in [3.8, 4) is 22.6 Å². The molecule has 0 spiro atoms. The van der Waals surface area contributed by atoms with Gasteiger partial charge in [0.05, 0.1) is 7.11 Å². The van der Waals surface area contributed by atoms with Crippen molar-refractivity contribution in [2.45, 2.75) is 0 Å². The third kappa shape index (κ3) is 3.29. The molecule has 20 heavy (non-hydrogen) atoms. The SMILES string of the molecule is COc1ccc(-c2ccc(OC(=O)N(C)C)cc2)cc1. The summed E-state index contributed by atoms with van der Waals surface area (Å²) in [5.41, 5.74) is 2.13. The van der Waals surface area contributed by atoms with Gasteiger partial charge in [-0.3, -0.25) is 0 Å². The van der Waals surface area contributed by atoms with Gasteiger partial charge < -0.3 is 14.4 Å². The summed E-state index contributed by atoms with van der Waals surface area (Å²) >= 11 is 0. The van der Waals surface area contributed by atoms with E-state index in [0.717, 1.165) is 16.9 Å². The fourth-order valence-corrected chi connectivity index (χ4v) is 1.69. The Bertz CT molecular complexity index is 574. The summed E-state index contributed by atoms with van der Waals surface area (Å²) in [6.45, 7) is 0. The molecule has 2 aromatic carbocycles. The number of ether oxygens (including phenoxy) is 2. The van der Waals surface area contributed by atoms with Crippen molar-refractivity contribution in [2.24, 2.45) is 0 Å². The lowest BCUT2D eigenvalue weighted by atomic mass is 10.1. The Labute approximate surface area is 118 Å². The number of benzene rings is 2. The number of carbonyl (C=O) groups excluding carboxylic acids is 1. The topological polar surface area (TPSA) is 38.8 Å². The van der Waals surface area contributed by atoms with Crippen LogP contribution < -0.4 is 9.47 Å². The number of nitrogens with zero attached hydrogens (tertiary/aromatic N) is 1. The van der Waals surface area contributed by atoms with Gasteiger partial charge in [-0.25, -0.2) is 4.79 Å². The van der Waals surface area contributed by atoms with Crippen LogP contribution in [0.5, 0.6) is 11.5 Å². The average Bonchev–Trinajstić information content (AvgIpc) is 2.48. The van der Waals surface area contributed by atoms with Crippen LogP contribution in [0, 0.1) is 0 Å². The van der Waals surface area contributed by atoms with Crippen LogP contribution >= 0.6 is 0 Å². The maximum absolute atomic E-state index is 11.4. The third-order valence-corrected chi connectivity index (χ3v) is 2.85. The Morgan fingerprint density at radius 2 is 1.30 bits per heavy atom. The van der Waals surface area contributed by atoms with Crippen molar-refractivity contribution in [3.05, 3.63) is 48.5 Å². The van der Waals surface area contributed by atoms with Crippen molar-refractivity contribution < 1.29 is 14.3 Å². The van der Waals surface area contributed by atoms with Crippen molar-refractivity contribution in [3.63, 3.8) is 0 Å². The largest absolute Gasteiger partial charge is 0.497 e. The fourth-order valence-electron chi connectivity index (χ4n) is 1.69. The first-order chi connectivity index (χ1) is 9.60. The van der Waals surface area contributed by atoms with Crippen LogP contribution in [0.1, 0.15) is 0 Å². The molecule has 0 aliphatic rings. The summed E-state index contributed by atoms with van der Waals surface area (Å²) in [6.07, 6.45) is -0.387. The molecule has 2 aromatic rings. The molecule has 0 N–H and O–H groups in total. The number of carbonyl (C=O) groups is 1. The molecular weight excluding hydrogens is 254 g/mol. The van der Waals surface area contributed by atoms with Gasteiger partial charge in [-0.15, -0.1) is 0 Å². The molecule has 0 radical (unpaired) electrons. The molecule has 0 aliphatic carbocycles. The first-order valence-electron chi connectivity index (χ1n) is 6.24. The molecule has 0 saturated heterocycles. The molecular formula is C16H17NO3. The van der Waals surface area contributed by atoms with Gasteiger partial charge in [0.15, 0.2) is 0 Å². The zero-order valence-corrected chi connectivity index (χ0v) is 11.8. The van der Waals surface area contributed by atoms with E-state index in [2.05, 4.69) is 0 Å². The summed E-state index contributed by atoms with van der Waals surface area (Å²) in [4.78, 5) is 12.8. The Kier molecular flexibility index (Phi) is 4.25.